The van der Waals surface area contributed by atoms with Gasteiger partial charge >= 0.3 is 0 Å². The van der Waals surface area contributed by atoms with Gasteiger partial charge in [-0.3, -0.25) is 0 Å². The minimum absolute atomic E-state index is 0.382. The van der Waals surface area contributed by atoms with Gasteiger partial charge in [-0.1, -0.05) is 60.1 Å². The van der Waals surface area contributed by atoms with E-state index in [4.69, 9.17) is 21.1 Å². The van der Waals surface area contributed by atoms with E-state index >= 15 is 0 Å². The Bertz CT molecular complexity index is 918. The van der Waals surface area contributed by atoms with E-state index in [-0.39, 0.29) is 0 Å². The Balaban J connectivity index is 1.63. The first-order valence-corrected chi connectivity index (χ1v) is 10.9. The molecule has 0 heterocycles. The summed E-state index contributed by atoms with van der Waals surface area (Å²) in [6, 6.07) is 22.3. The number of hydrogen-bond acceptors (Lipinski definition) is 3. The van der Waals surface area contributed by atoms with Crippen molar-refractivity contribution in [1.29, 1.82) is 0 Å². The highest BCUT2D eigenvalue weighted by molar-refractivity contribution is 9.10. The van der Waals surface area contributed by atoms with Crippen LogP contribution in [0.2, 0.25) is 5.02 Å². The molecule has 152 valence electrons. The van der Waals surface area contributed by atoms with E-state index in [0.717, 1.165) is 40.9 Å². The van der Waals surface area contributed by atoms with E-state index in [1.165, 1.54) is 5.56 Å². The van der Waals surface area contributed by atoms with Crippen LogP contribution in [0.25, 0.3) is 0 Å². The molecule has 1 N–H and O–H groups in total. The van der Waals surface area contributed by atoms with Crippen LogP contribution < -0.4 is 14.8 Å². The molecule has 0 saturated heterocycles. The lowest BCUT2D eigenvalue weighted by atomic mass is 10.1. The topological polar surface area (TPSA) is 30.5 Å². The van der Waals surface area contributed by atoms with E-state index in [9.17, 15) is 0 Å². The monoisotopic (exact) mass is 473 g/mol. The molecule has 0 aliphatic heterocycles. The van der Waals surface area contributed by atoms with Gasteiger partial charge < -0.3 is 14.8 Å². The summed E-state index contributed by atoms with van der Waals surface area (Å²) in [5.41, 5.74) is 3.41. The van der Waals surface area contributed by atoms with Gasteiger partial charge in [0.1, 0.15) is 6.61 Å². The summed E-state index contributed by atoms with van der Waals surface area (Å²) >= 11 is 9.88. The maximum Gasteiger partial charge on any atom is 0.175 e. The summed E-state index contributed by atoms with van der Waals surface area (Å²) in [6.45, 7) is 4.59. The minimum atomic E-state index is 0.382. The second-order valence-electron chi connectivity index (χ2n) is 6.63. The number of halogens is 2. The molecule has 0 aliphatic carbocycles. The SMILES string of the molecule is CCOc1cc(CNCCc2ccccc2)cc(Br)c1OCc1ccccc1Cl. The molecule has 3 nitrogen and oxygen atoms in total. The molecule has 0 fully saturated rings. The van der Waals surface area contributed by atoms with Gasteiger partial charge in [0.25, 0.3) is 0 Å². The van der Waals surface area contributed by atoms with Crippen molar-refractivity contribution in [2.45, 2.75) is 26.5 Å². The van der Waals surface area contributed by atoms with Crippen LogP contribution in [0.15, 0.2) is 71.2 Å². The maximum atomic E-state index is 6.24. The molecule has 0 radical (unpaired) electrons. The summed E-state index contributed by atoms with van der Waals surface area (Å²) in [4.78, 5) is 0. The van der Waals surface area contributed by atoms with Crippen LogP contribution in [0, 0.1) is 0 Å². The van der Waals surface area contributed by atoms with Gasteiger partial charge in [0, 0.05) is 17.1 Å². The predicted octanol–water partition coefficient (Wildman–Crippen LogP) is 6.41. The molecule has 3 rings (SSSR count). The molecule has 0 bridgehead atoms. The molecule has 0 amide bonds. The van der Waals surface area contributed by atoms with E-state index in [1.807, 2.05) is 43.3 Å². The average Bonchev–Trinajstić information content (AvgIpc) is 2.73. The van der Waals surface area contributed by atoms with Crippen LogP contribution in [-0.2, 0) is 19.6 Å². The summed E-state index contributed by atoms with van der Waals surface area (Å²) in [7, 11) is 0. The first-order valence-electron chi connectivity index (χ1n) is 9.73. The first-order chi connectivity index (χ1) is 14.2. The van der Waals surface area contributed by atoms with Crippen LogP contribution in [0.1, 0.15) is 23.6 Å². The van der Waals surface area contributed by atoms with Crippen molar-refractivity contribution in [3.8, 4) is 11.5 Å². The Morgan fingerprint density at radius 2 is 1.69 bits per heavy atom. The molecule has 0 spiro atoms. The van der Waals surface area contributed by atoms with Gasteiger partial charge in [-0.05, 0) is 65.1 Å². The Hall–Kier alpha value is -2.01. The Morgan fingerprint density at radius 3 is 2.45 bits per heavy atom. The summed E-state index contributed by atoms with van der Waals surface area (Å²) in [5.74, 6) is 1.42. The van der Waals surface area contributed by atoms with Gasteiger partial charge in [0.05, 0.1) is 11.1 Å². The zero-order valence-corrected chi connectivity index (χ0v) is 18.8. The third-order valence-electron chi connectivity index (χ3n) is 4.46. The van der Waals surface area contributed by atoms with E-state index < -0.39 is 0 Å². The normalized spacial score (nSPS) is 10.7. The Labute approximate surface area is 186 Å². The lowest BCUT2D eigenvalue weighted by Gasteiger charge is -2.16. The van der Waals surface area contributed by atoms with Crippen molar-refractivity contribution in [2.75, 3.05) is 13.2 Å². The lowest BCUT2D eigenvalue weighted by molar-refractivity contribution is 0.267. The first kappa shape index (κ1) is 21.7. The lowest BCUT2D eigenvalue weighted by Crippen LogP contribution is -2.16. The third-order valence-corrected chi connectivity index (χ3v) is 5.42. The van der Waals surface area contributed by atoms with Gasteiger partial charge in [-0.25, -0.2) is 0 Å². The second kappa shape index (κ2) is 11.2. The quantitative estimate of drug-likeness (QED) is 0.344. The predicted molar refractivity (Wildman–Crippen MR) is 123 cm³/mol. The van der Waals surface area contributed by atoms with E-state index in [1.54, 1.807) is 0 Å². The fourth-order valence-corrected chi connectivity index (χ4v) is 3.80. The van der Waals surface area contributed by atoms with Gasteiger partial charge in [-0.2, -0.15) is 0 Å². The van der Waals surface area contributed by atoms with Crippen LogP contribution in [-0.4, -0.2) is 13.2 Å². The fraction of sp³-hybridized carbons (Fsp3) is 0.250. The van der Waals surface area contributed by atoms with Crippen molar-refractivity contribution in [3.63, 3.8) is 0 Å². The Kier molecular flexibility index (Phi) is 8.41. The molecular formula is C24H25BrClNO2. The van der Waals surface area contributed by atoms with E-state index in [2.05, 4.69) is 51.6 Å². The zero-order valence-electron chi connectivity index (χ0n) is 16.5. The fourth-order valence-electron chi connectivity index (χ4n) is 3.00. The van der Waals surface area contributed by atoms with Crippen molar-refractivity contribution >= 4 is 27.5 Å². The average molecular weight is 475 g/mol. The van der Waals surface area contributed by atoms with Crippen LogP contribution in [0.4, 0.5) is 0 Å². The molecule has 0 aromatic heterocycles. The van der Waals surface area contributed by atoms with Crippen molar-refractivity contribution in [2.24, 2.45) is 0 Å². The van der Waals surface area contributed by atoms with Crippen molar-refractivity contribution in [1.82, 2.24) is 5.32 Å². The highest BCUT2D eigenvalue weighted by Crippen LogP contribution is 2.37. The number of ether oxygens (including phenoxy) is 2. The molecule has 5 heteroatoms. The molecule has 3 aromatic carbocycles. The second-order valence-corrected chi connectivity index (χ2v) is 7.89. The molecule has 0 saturated carbocycles. The standard InChI is InChI=1S/C24H25BrClNO2/c1-2-28-23-15-19(16-27-13-12-18-8-4-3-5-9-18)14-21(25)24(23)29-17-20-10-6-7-11-22(20)26/h3-11,14-15,27H,2,12-13,16-17H2,1H3. The number of benzene rings is 3. The smallest absolute Gasteiger partial charge is 0.175 e. The highest BCUT2D eigenvalue weighted by Gasteiger charge is 2.13. The Morgan fingerprint density at radius 1 is 0.931 bits per heavy atom. The third kappa shape index (κ3) is 6.49. The molecule has 29 heavy (non-hydrogen) atoms. The molecule has 3 aromatic rings. The van der Waals surface area contributed by atoms with Gasteiger partial charge in [0.2, 0.25) is 0 Å². The maximum absolute atomic E-state index is 6.24. The van der Waals surface area contributed by atoms with Crippen LogP contribution in [0.3, 0.4) is 0 Å². The summed E-state index contributed by atoms with van der Waals surface area (Å²) in [5, 5.41) is 4.19. The number of hydrogen-bond donors (Lipinski definition) is 1. The molecule has 0 unspecified atom stereocenters. The zero-order chi connectivity index (χ0) is 20.5. The summed E-state index contributed by atoms with van der Waals surface area (Å²) in [6.07, 6.45) is 0.999. The van der Waals surface area contributed by atoms with Crippen molar-refractivity contribution < 1.29 is 9.47 Å². The van der Waals surface area contributed by atoms with E-state index in [0.29, 0.717) is 24.0 Å². The highest BCUT2D eigenvalue weighted by atomic mass is 79.9. The van der Waals surface area contributed by atoms with Gasteiger partial charge in [-0.15, -0.1) is 0 Å². The van der Waals surface area contributed by atoms with Crippen LogP contribution in [0.5, 0.6) is 11.5 Å². The van der Waals surface area contributed by atoms with Gasteiger partial charge in [0.15, 0.2) is 11.5 Å². The van der Waals surface area contributed by atoms with Crippen molar-refractivity contribution in [3.05, 3.63) is 92.9 Å². The largest absolute Gasteiger partial charge is 0.490 e. The number of rotatable bonds is 10. The minimum Gasteiger partial charge on any atom is -0.490 e. The summed E-state index contributed by atoms with van der Waals surface area (Å²) < 4.78 is 12.8. The molecule has 0 aliphatic rings. The van der Waals surface area contributed by atoms with Crippen LogP contribution >= 0.6 is 27.5 Å². The molecule has 0 atom stereocenters. The molecular weight excluding hydrogens is 450 g/mol. The number of nitrogens with one attached hydrogen (secondary N) is 1.